The highest BCUT2D eigenvalue weighted by Crippen LogP contribution is 2.20. The molecule has 2 rings (SSSR count). The van der Waals surface area contributed by atoms with E-state index < -0.39 is 5.54 Å². The van der Waals surface area contributed by atoms with Crippen LogP contribution in [-0.2, 0) is 10.3 Å². The van der Waals surface area contributed by atoms with Crippen LogP contribution in [0.25, 0.3) is 0 Å². The molecular formula is C11H10N2O. The van der Waals surface area contributed by atoms with Crippen molar-refractivity contribution in [3.05, 3.63) is 54.5 Å². The van der Waals surface area contributed by atoms with Gasteiger partial charge in [-0.3, -0.25) is 9.78 Å². The maximum atomic E-state index is 11.1. The van der Waals surface area contributed by atoms with E-state index in [2.05, 4.69) is 10.3 Å². The monoisotopic (exact) mass is 186 g/mol. The lowest BCUT2D eigenvalue weighted by Gasteiger charge is -2.25. The molecule has 1 atom stereocenters. The molecule has 0 aromatic carbocycles. The topological polar surface area (TPSA) is 42.0 Å². The maximum Gasteiger partial charge on any atom is 0.155 e. The number of pyridine rings is 1. The summed E-state index contributed by atoms with van der Waals surface area (Å²) in [5.74, 6) is 0. The lowest BCUT2D eigenvalue weighted by molar-refractivity contribution is -0.111. The highest BCUT2D eigenvalue weighted by Gasteiger charge is 2.29. The normalized spacial score (nSPS) is 24.3. The van der Waals surface area contributed by atoms with Crippen molar-refractivity contribution in [3.8, 4) is 0 Å². The molecule has 1 N–H and O–H groups in total. The fourth-order valence-electron chi connectivity index (χ4n) is 1.40. The maximum absolute atomic E-state index is 11.1. The molecule has 0 saturated heterocycles. The van der Waals surface area contributed by atoms with Crippen molar-refractivity contribution in [2.24, 2.45) is 0 Å². The van der Waals surface area contributed by atoms with E-state index in [0.29, 0.717) is 5.69 Å². The quantitative estimate of drug-likeness (QED) is 0.704. The van der Waals surface area contributed by atoms with Gasteiger partial charge in [0.1, 0.15) is 0 Å². The van der Waals surface area contributed by atoms with E-state index in [0.717, 1.165) is 6.29 Å². The number of dihydropyridines is 1. The van der Waals surface area contributed by atoms with Gasteiger partial charge in [0.15, 0.2) is 11.8 Å². The minimum absolute atomic E-state index is 0.704. The van der Waals surface area contributed by atoms with Crippen LogP contribution >= 0.6 is 0 Å². The van der Waals surface area contributed by atoms with Gasteiger partial charge in [0.25, 0.3) is 0 Å². The number of nitrogens with zero attached hydrogens (tertiary/aromatic N) is 1. The van der Waals surface area contributed by atoms with Gasteiger partial charge in [-0.05, 0) is 30.5 Å². The Labute approximate surface area is 82.2 Å². The van der Waals surface area contributed by atoms with Crippen molar-refractivity contribution in [3.63, 3.8) is 0 Å². The molecule has 1 aliphatic heterocycles. The van der Waals surface area contributed by atoms with Crippen molar-refractivity contribution in [2.45, 2.75) is 5.54 Å². The summed E-state index contributed by atoms with van der Waals surface area (Å²) in [6.45, 7) is 0. The van der Waals surface area contributed by atoms with E-state index in [-0.39, 0.29) is 0 Å². The van der Waals surface area contributed by atoms with Gasteiger partial charge in [-0.1, -0.05) is 12.1 Å². The number of carbonyl (C=O) groups is 1. The van der Waals surface area contributed by atoms with Crippen molar-refractivity contribution < 1.29 is 4.79 Å². The van der Waals surface area contributed by atoms with Gasteiger partial charge in [0.05, 0.1) is 5.69 Å². The number of allylic oxidation sites excluding steroid dienone is 2. The molecule has 0 aliphatic carbocycles. The zero-order chi connectivity index (χ0) is 9.86. The second kappa shape index (κ2) is 3.46. The third kappa shape index (κ3) is 1.33. The standard InChI is InChI=1S/C11H10N2O/c14-9-11(6-2-4-8-13-11)10-5-1-3-7-12-10/h1-9,13H. The molecule has 0 spiro atoms. The summed E-state index contributed by atoms with van der Waals surface area (Å²) in [6, 6.07) is 5.51. The Morgan fingerprint density at radius 3 is 2.86 bits per heavy atom. The molecule has 1 aliphatic rings. The van der Waals surface area contributed by atoms with E-state index >= 15 is 0 Å². The van der Waals surface area contributed by atoms with Crippen LogP contribution in [-0.4, -0.2) is 11.3 Å². The van der Waals surface area contributed by atoms with Crippen LogP contribution in [0.4, 0.5) is 0 Å². The lowest BCUT2D eigenvalue weighted by atomic mass is 9.94. The van der Waals surface area contributed by atoms with Gasteiger partial charge in [-0.15, -0.1) is 0 Å². The summed E-state index contributed by atoms with van der Waals surface area (Å²) in [5.41, 5.74) is -0.0914. The summed E-state index contributed by atoms with van der Waals surface area (Å²) >= 11 is 0. The second-order valence-corrected chi connectivity index (χ2v) is 3.06. The third-order valence-electron chi connectivity index (χ3n) is 2.16. The van der Waals surface area contributed by atoms with Crippen molar-refractivity contribution in [1.82, 2.24) is 10.3 Å². The Morgan fingerprint density at radius 1 is 1.36 bits per heavy atom. The third-order valence-corrected chi connectivity index (χ3v) is 2.16. The summed E-state index contributed by atoms with van der Waals surface area (Å²) in [4.78, 5) is 15.3. The largest absolute Gasteiger partial charge is 0.371 e. The molecular weight excluding hydrogens is 176 g/mol. The van der Waals surface area contributed by atoms with Gasteiger partial charge in [0.2, 0.25) is 0 Å². The van der Waals surface area contributed by atoms with Crippen LogP contribution in [0, 0.1) is 0 Å². The van der Waals surface area contributed by atoms with Gasteiger partial charge >= 0.3 is 0 Å². The molecule has 0 radical (unpaired) electrons. The van der Waals surface area contributed by atoms with Crippen LogP contribution in [0.1, 0.15) is 5.69 Å². The predicted molar refractivity (Wildman–Crippen MR) is 53.4 cm³/mol. The first-order valence-electron chi connectivity index (χ1n) is 4.37. The van der Waals surface area contributed by atoms with Gasteiger partial charge in [0, 0.05) is 6.20 Å². The summed E-state index contributed by atoms with van der Waals surface area (Å²) in [7, 11) is 0. The van der Waals surface area contributed by atoms with E-state index in [4.69, 9.17) is 0 Å². The first-order chi connectivity index (χ1) is 6.87. The molecule has 0 bridgehead atoms. The van der Waals surface area contributed by atoms with Crippen LogP contribution in [0.2, 0.25) is 0 Å². The number of hydrogen-bond acceptors (Lipinski definition) is 3. The SMILES string of the molecule is O=CC1(c2ccccn2)C=CC=CN1. The summed E-state index contributed by atoms with van der Waals surface area (Å²) < 4.78 is 0. The van der Waals surface area contributed by atoms with Crippen LogP contribution in [0.3, 0.4) is 0 Å². The molecule has 1 aromatic rings. The van der Waals surface area contributed by atoms with E-state index in [9.17, 15) is 4.79 Å². The number of aldehydes is 1. The average Bonchev–Trinajstić information content (AvgIpc) is 2.31. The molecule has 0 saturated carbocycles. The number of hydrogen-bond donors (Lipinski definition) is 1. The molecule has 3 nitrogen and oxygen atoms in total. The second-order valence-electron chi connectivity index (χ2n) is 3.06. The van der Waals surface area contributed by atoms with Crippen LogP contribution in [0.5, 0.6) is 0 Å². The zero-order valence-electron chi connectivity index (χ0n) is 7.55. The molecule has 1 aromatic heterocycles. The fourth-order valence-corrected chi connectivity index (χ4v) is 1.40. The molecule has 0 fully saturated rings. The first kappa shape index (κ1) is 8.69. The molecule has 70 valence electrons. The lowest BCUT2D eigenvalue weighted by Crippen LogP contribution is -2.40. The van der Waals surface area contributed by atoms with E-state index in [1.54, 1.807) is 18.5 Å². The highest BCUT2D eigenvalue weighted by atomic mass is 16.1. The van der Waals surface area contributed by atoms with Crippen molar-refractivity contribution in [2.75, 3.05) is 0 Å². The predicted octanol–water partition coefficient (Wildman–Crippen LogP) is 1.15. The van der Waals surface area contributed by atoms with Gasteiger partial charge in [-0.25, -0.2) is 0 Å². The molecule has 3 heteroatoms. The van der Waals surface area contributed by atoms with E-state index in [1.807, 2.05) is 30.4 Å². The Balaban J connectivity index is 2.44. The molecule has 2 heterocycles. The number of nitrogens with one attached hydrogen (secondary N) is 1. The Morgan fingerprint density at radius 2 is 2.29 bits per heavy atom. The number of aromatic nitrogens is 1. The van der Waals surface area contributed by atoms with E-state index in [1.165, 1.54) is 0 Å². The summed E-state index contributed by atoms with van der Waals surface area (Å²) in [6.07, 6.45) is 9.74. The zero-order valence-corrected chi connectivity index (χ0v) is 7.55. The smallest absolute Gasteiger partial charge is 0.155 e. The summed E-state index contributed by atoms with van der Waals surface area (Å²) in [5, 5.41) is 3.00. The first-order valence-corrected chi connectivity index (χ1v) is 4.37. The van der Waals surface area contributed by atoms with Crippen LogP contribution < -0.4 is 5.32 Å². The minimum Gasteiger partial charge on any atom is -0.371 e. The minimum atomic E-state index is -0.796. The number of rotatable bonds is 2. The van der Waals surface area contributed by atoms with Gasteiger partial charge in [-0.2, -0.15) is 0 Å². The van der Waals surface area contributed by atoms with Gasteiger partial charge < -0.3 is 5.32 Å². The molecule has 1 unspecified atom stereocenters. The molecule has 0 amide bonds. The fraction of sp³-hybridized carbons (Fsp3) is 0.0909. The average molecular weight is 186 g/mol. The van der Waals surface area contributed by atoms with Crippen molar-refractivity contribution in [1.29, 1.82) is 0 Å². The van der Waals surface area contributed by atoms with Crippen molar-refractivity contribution >= 4 is 6.29 Å². The number of carbonyl (C=O) groups excluding carboxylic acids is 1. The Hall–Kier alpha value is -1.90. The highest BCUT2D eigenvalue weighted by molar-refractivity contribution is 5.71. The Kier molecular flexibility index (Phi) is 2.14. The molecule has 14 heavy (non-hydrogen) atoms. The Bertz CT molecular complexity index is 384. The van der Waals surface area contributed by atoms with Crippen LogP contribution in [0.15, 0.2) is 48.8 Å².